The van der Waals surface area contributed by atoms with E-state index < -0.39 is 0 Å². The Labute approximate surface area is 184 Å². The minimum Gasteiger partial charge on any atom is -0.361 e. The SMILES string of the molecule is CN=C(NCCc1c(C)noc1C)NCC(C)(C)Cc1cccc(Cl)c1.I. The molecule has 0 saturated heterocycles. The smallest absolute Gasteiger partial charge is 0.191 e. The molecule has 27 heavy (non-hydrogen) atoms. The van der Waals surface area contributed by atoms with Crippen molar-refractivity contribution in [3.63, 3.8) is 0 Å². The second kappa shape index (κ2) is 10.9. The fraction of sp³-hybridized carbons (Fsp3) is 0.500. The van der Waals surface area contributed by atoms with E-state index in [1.54, 1.807) is 7.05 Å². The number of nitrogens with zero attached hydrogens (tertiary/aromatic N) is 2. The molecule has 0 aliphatic carbocycles. The molecule has 1 aromatic heterocycles. The standard InChI is InChI=1S/C20H29ClN4O.HI/c1-14-18(15(2)26-25-14)9-10-23-19(22-5)24-13-20(3,4)12-16-7-6-8-17(21)11-16;/h6-8,11H,9-10,12-13H2,1-5H3,(H2,22,23,24);1H. The van der Waals surface area contributed by atoms with Gasteiger partial charge >= 0.3 is 0 Å². The van der Waals surface area contributed by atoms with E-state index in [0.717, 1.165) is 53.9 Å². The number of nitrogens with one attached hydrogen (secondary N) is 2. The molecule has 0 unspecified atom stereocenters. The van der Waals surface area contributed by atoms with Gasteiger partial charge in [0.15, 0.2) is 5.96 Å². The van der Waals surface area contributed by atoms with Crippen LogP contribution in [0.3, 0.4) is 0 Å². The van der Waals surface area contributed by atoms with Crippen LogP contribution in [0, 0.1) is 19.3 Å². The number of hydrogen-bond acceptors (Lipinski definition) is 3. The Hall–Kier alpha value is -1.28. The summed E-state index contributed by atoms with van der Waals surface area (Å²) in [4.78, 5) is 4.31. The summed E-state index contributed by atoms with van der Waals surface area (Å²) in [5, 5.41) is 11.5. The summed E-state index contributed by atoms with van der Waals surface area (Å²) in [5.74, 6) is 1.69. The maximum Gasteiger partial charge on any atom is 0.191 e. The van der Waals surface area contributed by atoms with E-state index >= 15 is 0 Å². The Morgan fingerprint density at radius 3 is 2.59 bits per heavy atom. The van der Waals surface area contributed by atoms with Crippen molar-refractivity contribution in [3.8, 4) is 0 Å². The molecule has 2 rings (SSSR count). The lowest BCUT2D eigenvalue weighted by Gasteiger charge is -2.26. The van der Waals surface area contributed by atoms with E-state index in [4.69, 9.17) is 16.1 Å². The number of halogens is 2. The summed E-state index contributed by atoms with van der Waals surface area (Å²) < 4.78 is 5.20. The van der Waals surface area contributed by atoms with E-state index in [0.29, 0.717) is 0 Å². The zero-order valence-corrected chi connectivity index (χ0v) is 19.8. The lowest BCUT2D eigenvalue weighted by atomic mass is 9.86. The number of aryl methyl sites for hydroxylation is 2. The Kier molecular flexibility index (Phi) is 9.59. The molecule has 0 amide bonds. The molecule has 150 valence electrons. The number of aliphatic imine (C=N–C) groups is 1. The molecule has 7 heteroatoms. The van der Waals surface area contributed by atoms with Crippen LogP contribution in [-0.4, -0.2) is 31.3 Å². The number of benzene rings is 1. The number of aromatic nitrogens is 1. The Balaban J connectivity index is 0.00000364. The molecule has 0 bridgehead atoms. The van der Waals surface area contributed by atoms with E-state index in [9.17, 15) is 0 Å². The average Bonchev–Trinajstić information content (AvgIpc) is 2.89. The molecule has 2 aromatic rings. The van der Waals surface area contributed by atoms with Crippen molar-refractivity contribution in [2.45, 2.75) is 40.5 Å². The van der Waals surface area contributed by atoms with Crippen molar-refractivity contribution in [1.82, 2.24) is 15.8 Å². The second-order valence-corrected chi connectivity index (χ2v) is 7.81. The molecule has 1 aromatic carbocycles. The molecule has 0 radical (unpaired) electrons. The third kappa shape index (κ3) is 7.70. The molecule has 5 nitrogen and oxygen atoms in total. The summed E-state index contributed by atoms with van der Waals surface area (Å²) in [6.07, 6.45) is 1.80. The second-order valence-electron chi connectivity index (χ2n) is 7.38. The Morgan fingerprint density at radius 1 is 1.26 bits per heavy atom. The quantitative estimate of drug-likeness (QED) is 0.330. The van der Waals surface area contributed by atoms with Crippen LogP contribution in [0.15, 0.2) is 33.8 Å². The van der Waals surface area contributed by atoms with Crippen LogP contribution in [0.2, 0.25) is 5.02 Å². The van der Waals surface area contributed by atoms with Gasteiger partial charge in [0.1, 0.15) is 5.76 Å². The van der Waals surface area contributed by atoms with Crippen LogP contribution in [0.1, 0.15) is 36.4 Å². The van der Waals surface area contributed by atoms with Crippen LogP contribution in [-0.2, 0) is 12.8 Å². The molecule has 2 N–H and O–H groups in total. The summed E-state index contributed by atoms with van der Waals surface area (Å²) in [6.45, 7) is 9.97. The maximum atomic E-state index is 6.09. The summed E-state index contributed by atoms with van der Waals surface area (Å²) in [5.41, 5.74) is 3.43. The van der Waals surface area contributed by atoms with Crippen molar-refractivity contribution in [3.05, 3.63) is 51.9 Å². The first-order valence-corrected chi connectivity index (χ1v) is 9.29. The van der Waals surface area contributed by atoms with Crippen LogP contribution in [0.5, 0.6) is 0 Å². The van der Waals surface area contributed by atoms with Gasteiger partial charge in [-0.25, -0.2) is 0 Å². The van der Waals surface area contributed by atoms with Crippen LogP contribution < -0.4 is 10.6 Å². The van der Waals surface area contributed by atoms with Crippen molar-refractivity contribution < 1.29 is 4.52 Å². The fourth-order valence-corrected chi connectivity index (χ4v) is 3.18. The van der Waals surface area contributed by atoms with Gasteiger partial charge in [0, 0.05) is 30.7 Å². The van der Waals surface area contributed by atoms with Crippen molar-refractivity contribution in [2.24, 2.45) is 10.4 Å². The first-order chi connectivity index (χ1) is 12.3. The minimum atomic E-state index is 0. The first kappa shape index (κ1) is 23.8. The Morgan fingerprint density at radius 2 is 2.00 bits per heavy atom. The molecular formula is C20H30ClIN4O. The molecular weight excluding hydrogens is 475 g/mol. The highest BCUT2D eigenvalue weighted by atomic mass is 127. The Bertz CT molecular complexity index is 739. The van der Waals surface area contributed by atoms with Crippen molar-refractivity contribution in [1.29, 1.82) is 0 Å². The topological polar surface area (TPSA) is 62.5 Å². The molecule has 0 fully saturated rings. The maximum absolute atomic E-state index is 6.09. The normalized spacial score (nSPS) is 11.9. The zero-order valence-electron chi connectivity index (χ0n) is 16.7. The molecule has 0 atom stereocenters. The number of guanidine groups is 1. The monoisotopic (exact) mass is 504 g/mol. The van der Waals surface area contributed by atoms with Gasteiger partial charge in [-0.3, -0.25) is 4.99 Å². The summed E-state index contributed by atoms with van der Waals surface area (Å²) in [7, 11) is 1.79. The molecule has 0 saturated carbocycles. The van der Waals surface area contributed by atoms with Crippen LogP contribution >= 0.6 is 35.6 Å². The van der Waals surface area contributed by atoms with E-state index in [1.165, 1.54) is 5.56 Å². The highest BCUT2D eigenvalue weighted by Gasteiger charge is 2.19. The van der Waals surface area contributed by atoms with Gasteiger partial charge in [0.25, 0.3) is 0 Å². The predicted molar refractivity (Wildman–Crippen MR) is 123 cm³/mol. The van der Waals surface area contributed by atoms with Crippen LogP contribution in [0.25, 0.3) is 0 Å². The van der Waals surface area contributed by atoms with Gasteiger partial charge in [-0.2, -0.15) is 0 Å². The molecule has 0 aliphatic rings. The van der Waals surface area contributed by atoms with Gasteiger partial charge < -0.3 is 15.2 Å². The molecule has 0 aliphatic heterocycles. The highest BCUT2D eigenvalue weighted by molar-refractivity contribution is 14.0. The van der Waals surface area contributed by atoms with E-state index in [2.05, 4.69) is 40.7 Å². The first-order valence-electron chi connectivity index (χ1n) is 8.91. The predicted octanol–water partition coefficient (Wildman–Crippen LogP) is 4.54. The molecule has 1 heterocycles. The third-order valence-corrected chi connectivity index (χ3v) is 4.61. The zero-order chi connectivity index (χ0) is 19.2. The summed E-state index contributed by atoms with van der Waals surface area (Å²) >= 11 is 6.09. The average molecular weight is 505 g/mol. The van der Waals surface area contributed by atoms with Crippen molar-refractivity contribution in [2.75, 3.05) is 20.1 Å². The third-order valence-electron chi connectivity index (χ3n) is 4.38. The van der Waals surface area contributed by atoms with Gasteiger partial charge in [-0.1, -0.05) is 42.7 Å². The largest absolute Gasteiger partial charge is 0.361 e. The van der Waals surface area contributed by atoms with E-state index in [1.807, 2.05) is 32.0 Å². The van der Waals surface area contributed by atoms with Gasteiger partial charge in [-0.15, -0.1) is 24.0 Å². The lowest BCUT2D eigenvalue weighted by Crippen LogP contribution is -2.43. The highest BCUT2D eigenvalue weighted by Crippen LogP contribution is 2.22. The van der Waals surface area contributed by atoms with E-state index in [-0.39, 0.29) is 29.4 Å². The van der Waals surface area contributed by atoms with Gasteiger partial charge in [0.2, 0.25) is 0 Å². The number of hydrogen-bond donors (Lipinski definition) is 2. The van der Waals surface area contributed by atoms with Gasteiger partial charge in [0.05, 0.1) is 5.69 Å². The number of rotatable bonds is 7. The summed E-state index contributed by atoms with van der Waals surface area (Å²) in [6, 6.07) is 8.04. The molecule has 0 spiro atoms. The lowest BCUT2D eigenvalue weighted by molar-refractivity contribution is 0.359. The van der Waals surface area contributed by atoms with Crippen LogP contribution in [0.4, 0.5) is 0 Å². The minimum absolute atomic E-state index is 0. The fourth-order valence-electron chi connectivity index (χ4n) is 2.97. The van der Waals surface area contributed by atoms with Crippen molar-refractivity contribution >= 4 is 41.5 Å². The van der Waals surface area contributed by atoms with Gasteiger partial charge in [-0.05, 0) is 49.8 Å².